The summed E-state index contributed by atoms with van der Waals surface area (Å²) < 4.78 is 14.5. The first-order chi connectivity index (χ1) is 11.6. The predicted octanol–water partition coefficient (Wildman–Crippen LogP) is 4.37. The number of carbonyl (C=O) groups is 1. The van der Waals surface area contributed by atoms with Crippen molar-refractivity contribution in [3.8, 4) is 0 Å². The van der Waals surface area contributed by atoms with Gasteiger partial charge in [-0.15, -0.1) is 10.2 Å². The van der Waals surface area contributed by atoms with E-state index in [0.29, 0.717) is 5.82 Å². The summed E-state index contributed by atoms with van der Waals surface area (Å²) in [6.07, 6.45) is 0. The highest BCUT2D eigenvalue weighted by Gasteiger charge is 2.11. The molecule has 120 valence electrons. The third kappa shape index (κ3) is 3.94. The van der Waals surface area contributed by atoms with Crippen LogP contribution in [0, 0.1) is 5.82 Å². The molecule has 7 heteroatoms. The Labute approximate surface area is 146 Å². The Morgan fingerprint density at radius 3 is 2.25 bits per heavy atom. The lowest BCUT2D eigenvalue weighted by Gasteiger charge is -2.07. The number of nitrogens with one attached hydrogen (secondary N) is 2. The van der Waals surface area contributed by atoms with Gasteiger partial charge in [0.2, 0.25) is 0 Å². The third-order valence-electron chi connectivity index (χ3n) is 3.14. The van der Waals surface area contributed by atoms with Gasteiger partial charge in [0, 0.05) is 10.2 Å². The minimum absolute atomic E-state index is 0.0450. The minimum Gasteiger partial charge on any atom is -0.339 e. The van der Waals surface area contributed by atoms with Crippen molar-refractivity contribution in [1.29, 1.82) is 0 Å². The van der Waals surface area contributed by atoms with Gasteiger partial charge in [0.1, 0.15) is 5.82 Å². The van der Waals surface area contributed by atoms with Crippen LogP contribution in [0.4, 0.5) is 21.7 Å². The van der Waals surface area contributed by atoms with Crippen molar-refractivity contribution in [1.82, 2.24) is 10.2 Å². The van der Waals surface area contributed by atoms with Crippen LogP contribution < -0.4 is 10.6 Å². The number of hydrogen-bond acceptors (Lipinski definition) is 4. The van der Waals surface area contributed by atoms with E-state index in [-0.39, 0.29) is 11.4 Å². The second kappa shape index (κ2) is 7.18. The van der Waals surface area contributed by atoms with Gasteiger partial charge in [-0.2, -0.15) is 0 Å². The molecule has 0 fully saturated rings. The zero-order valence-electron chi connectivity index (χ0n) is 12.3. The number of halogens is 2. The second-order valence-corrected chi connectivity index (χ2v) is 5.79. The highest BCUT2D eigenvalue weighted by atomic mass is 79.9. The summed E-state index contributed by atoms with van der Waals surface area (Å²) in [5, 5.41) is 13.5. The van der Waals surface area contributed by atoms with E-state index < -0.39 is 11.7 Å². The molecule has 3 aromatic rings. The summed E-state index contributed by atoms with van der Waals surface area (Å²) in [6.45, 7) is 0. The normalized spacial score (nSPS) is 10.2. The average molecular weight is 387 g/mol. The SMILES string of the molecule is O=C(Nc1ccc(Nc2ccc(Br)cc2)nn1)c1ccccc1F. The number of anilines is 3. The number of benzene rings is 2. The van der Waals surface area contributed by atoms with Gasteiger partial charge in [-0.05, 0) is 48.5 Å². The molecule has 0 saturated carbocycles. The molecule has 0 spiro atoms. The molecule has 0 bridgehead atoms. The Bertz CT molecular complexity index is 853. The van der Waals surface area contributed by atoms with Gasteiger partial charge < -0.3 is 10.6 Å². The summed E-state index contributed by atoms with van der Waals surface area (Å²) in [5.74, 6) is -0.390. The van der Waals surface area contributed by atoms with Gasteiger partial charge in [-0.25, -0.2) is 4.39 Å². The minimum atomic E-state index is -0.587. The molecule has 2 N–H and O–H groups in total. The maximum atomic E-state index is 13.6. The molecule has 0 unspecified atom stereocenters. The van der Waals surface area contributed by atoms with Crippen LogP contribution in [0.3, 0.4) is 0 Å². The molecule has 24 heavy (non-hydrogen) atoms. The Hall–Kier alpha value is -2.80. The topological polar surface area (TPSA) is 66.9 Å². The molecular weight excluding hydrogens is 375 g/mol. The monoisotopic (exact) mass is 386 g/mol. The van der Waals surface area contributed by atoms with Crippen LogP contribution in [-0.4, -0.2) is 16.1 Å². The molecule has 1 heterocycles. The van der Waals surface area contributed by atoms with E-state index >= 15 is 0 Å². The van der Waals surface area contributed by atoms with Crippen LogP contribution in [-0.2, 0) is 0 Å². The predicted molar refractivity (Wildman–Crippen MR) is 93.8 cm³/mol. The standard InChI is InChI=1S/C17H12BrFN4O/c18-11-5-7-12(8-6-11)20-15-9-10-16(23-22-15)21-17(24)13-3-1-2-4-14(13)19/h1-10H,(H,20,22)(H,21,23,24). The number of rotatable bonds is 4. The first-order valence-electron chi connectivity index (χ1n) is 7.04. The molecular formula is C17H12BrFN4O. The van der Waals surface area contributed by atoms with Crippen LogP contribution in [0.15, 0.2) is 65.1 Å². The molecule has 5 nitrogen and oxygen atoms in total. The number of aromatic nitrogens is 2. The quantitative estimate of drug-likeness (QED) is 0.698. The van der Waals surface area contributed by atoms with E-state index in [0.717, 1.165) is 10.2 Å². The van der Waals surface area contributed by atoms with Crippen LogP contribution in [0.1, 0.15) is 10.4 Å². The molecule has 2 aromatic carbocycles. The van der Waals surface area contributed by atoms with E-state index in [1.165, 1.54) is 18.2 Å². The molecule has 1 amide bonds. The second-order valence-electron chi connectivity index (χ2n) is 4.87. The number of hydrogen-bond donors (Lipinski definition) is 2. The number of amides is 1. The van der Waals surface area contributed by atoms with Crippen molar-refractivity contribution >= 4 is 39.2 Å². The molecule has 0 aliphatic carbocycles. The molecule has 0 aliphatic heterocycles. The van der Waals surface area contributed by atoms with E-state index in [1.807, 2.05) is 24.3 Å². The van der Waals surface area contributed by atoms with Gasteiger partial charge in [0.15, 0.2) is 11.6 Å². The maximum absolute atomic E-state index is 13.6. The highest BCUT2D eigenvalue weighted by Crippen LogP contribution is 2.18. The number of nitrogens with zero attached hydrogens (tertiary/aromatic N) is 2. The van der Waals surface area contributed by atoms with Gasteiger partial charge in [0.05, 0.1) is 5.56 Å². The van der Waals surface area contributed by atoms with Crippen molar-refractivity contribution in [3.05, 3.63) is 76.5 Å². The Morgan fingerprint density at radius 2 is 1.58 bits per heavy atom. The average Bonchev–Trinajstić information content (AvgIpc) is 2.59. The van der Waals surface area contributed by atoms with E-state index in [2.05, 4.69) is 36.8 Å². The van der Waals surface area contributed by atoms with Crippen LogP contribution in [0.5, 0.6) is 0 Å². The summed E-state index contributed by atoms with van der Waals surface area (Å²) in [4.78, 5) is 12.0. The largest absolute Gasteiger partial charge is 0.339 e. The van der Waals surface area contributed by atoms with Crippen molar-refractivity contribution < 1.29 is 9.18 Å². The Morgan fingerprint density at radius 1 is 0.917 bits per heavy atom. The fourth-order valence-electron chi connectivity index (χ4n) is 1.98. The van der Waals surface area contributed by atoms with Crippen molar-refractivity contribution in [2.45, 2.75) is 0 Å². The summed E-state index contributed by atoms with van der Waals surface area (Å²) in [7, 11) is 0. The van der Waals surface area contributed by atoms with E-state index in [9.17, 15) is 9.18 Å². The lowest BCUT2D eigenvalue weighted by molar-refractivity contribution is 0.102. The van der Waals surface area contributed by atoms with Crippen molar-refractivity contribution in [2.75, 3.05) is 10.6 Å². The molecule has 0 aliphatic rings. The Kier molecular flexibility index (Phi) is 4.81. The zero-order valence-corrected chi connectivity index (χ0v) is 13.9. The first kappa shape index (κ1) is 16.1. The highest BCUT2D eigenvalue weighted by molar-refractivity contribution is 9.10. The molecule has 0 atom stereocenters. The van der Waals surface area contributed by atoms with Crippen molar-refractivity contribution in [3.63, 3.8) is 0 Å². The maximum Gasteiger partial charge on any atom is 0.259 e. The fraction of sp³-hybridized carbons (Fsp3) is 0. The first-order valence-corrected chi connectivity index (χ1v) is 7.83. The fourth-order valence-corrected chi connectivity index (χ4v) is 2.24. The Balaban J connectivity index is 1.67. The van der Waals surface area contributed by atoms with Gasteiger partial charge >= 0.3 is 0 Å². The lowest BCUT2D eigenvalue weighted by Crippen LogP contribution is -2.15. The van der Waals surface area contributed by atoms with Crippen LogP contribution in [0.2, 0.25) is 0 Å². The smallest absolute Gasteiger partial charge is 0.259 e. The number of carbonyl (C=O) groups excluding carboxylic acids is 1. The molecule has 0 radical (unpaired) electrons. The zero-order chi connectivity index (χ0) is 16.9. The molecule has 1 aromatic heterocycles. The summed E-state index contributed by atoms with van der Waals surface area (Å²) >= 11 is 3.36. The van der Waals surface area contributed by atoms with Gasteiger partial charge in [0.25, 0.3) is 5.91 Å². The van der Waals surface area contributed by atoms with E-state index in [4.69, 9.17) is 0 Å². The molecule has 3 rings (SSSR count). The summed E-state index contributed by atoms with van der Waals surface area (Å²) in [5.41, 5.74) is 0.812. The summed E-state index contributed by atoms with van der Waals surface area (Å²) in [6, 6.07) is 16.6. The van der Waals surface area contributed by atoms with Crippen LogP contribution >= 0.6 is 15.9 Å². The molecule has 0 saturated heterocycles. The van der Waals surface area contributed by atoms with Gasteiger partial charge in [-0.3, -0.25) is 4.79 Å². The van der Waals surface area contributed by atoms with E-state index in [1.54, 1.807) is 18.2 Å². The lowest BCUT2D eigenvalue weighted by atomic mass is 10.2. The van der Waals surface area contributed by atoms with Gasteiger partial charge in [-0.1, -0.05) is 28.1 Å². The third-order valence-corrected chi connectivity index (χ3v) is 3.67. The van der Waals surface area contributed by atoms with Crippen LogP contribution in [0.25, 0.3) is 0 Å². The van der Waals surface area contributed by atoms with Crippen molar-refractivity contribution in [2.24, 2.45) is 0 Å².